The third-order valence-electron chi connectivity index (χ3n) is 3.22. The molecule has 0 aliphatic carbocycles. The van der Waals surface area contributed by atoms with Crippen LogP contribution in [0.5, 0.6) is 0 Å². The SMILES string of the molecule is Cc1cc(C)cc(Nc2nccnc2Nc2ccccc2)c1. The van der Waals surface area contributed by atoms with Crippen LogP contribution in [-0.4, -0.2) is 9.97 Å². The minimum Gasteiger partial charge on any atom is -0.337 e. The normalized spacial score (nSPS) is 10.3. The molecule has 2 aromatic carbocycles. The Morgan fingerprint density at radius 1 is 0.682 bits per heavy atom. The van der Waals surface area contributed by atoms with Gasteiger partial charge in [0.25, 0.3) is 0 Å². The van der Waals surface area contributed by atoms with Crippen LogP contribution >= 0.6 is 0 Å². The molecule has 0 amide bonds. The highest BCUT2D eigenvalue weighted by atomic mass is 15.1. The summed E-state index contributed by atoms with van der Waals surface area (Å²) in [5.74, 6) is 1.41. The third-order valence-corrected chi connectivity index (χ3v) is 3.22. The van der Waals surface area contributed by atoms with E-state index in [1.807, 2.05) is 30.3 Å². The van der Waals surface area contributed by atoms with Crippen molar-refractivity contribution in [2.45, 2.75) is 13.8 Å². The van der Waals surface area contributed by atoms with Crippen LogP contribution in [0.25, 0.3) is 0 Å². The first-order valence-electron chi connectivity index (χ1n) is 7.19. The zero-order chi connectivity index (χ0) is 15.4. The van der Waals surface area contributed by atoms with Gasteiger partial charge >= 0.3 is 0 Å². The Hall–Kier alpha value is -2.88. The Morgan fingerprint density at radius 2 is 1.23 bits per heavy atom. The van der Waals surface area contributed by atoms with Gasteiger partial charge in [0.05, 0.1) is 0 Å². The van der Waals surface area contributed by atoms with Gasteiger partial charge in [0.2, 0.25) is 0 Å². The Bertz CT molecular complexity index is 749. The molecule has 22 heavy (non-hydrogen) atoms. The molecule has 0 atom stereocenters. The van der Waals surface area contributed by atoms with Gasteiger partial charge in [0, 0.05) is 23.8 Å². The Balaban J connectivity index is 1.88. The average molecular weight is 290 g/mol. The molecule has 3 aromatic rings. The van der Waals surface area contributed by atoms with E-state index in [1.54, 1.807) is 12.4 Å². The maximum absolute atomic E-state index is 4.39. The van der Waals surface area contributed by atoms with E-state index in [-0.39, 0.29) is 0 Å². The molecule has 0 aliphatic rings. The lowest BCUT2D eigenvalue weighted by Crippen LogP contribution is -2.02. The minimum absolute atomic E-state index is 0.702. The first-order chi connectivity index (χ1) is 10.7. The third kappa shape index (κ3) is 3.41. The average Bonchev–Trinajstić information content (AvgIpc) is 2.49. The van der Waals surface area contributed by atoms with Crippen LogP contribution in [0.2, 0.25) is 0 Å². The summed E-state index contributed by atoms with van der Waals surface area (Å²) < 4.78 is 0. The first kappa shape index (κ1) is 14.1. The molecule has 2 N–H and O–H groups in total. The van der Waals surface area contributed by atoms with E-state index in [9.17, 15) is 0 Å². The van der Waals surface area contributed by atoms with Crippen LogP contribution in [-0.2, 0) is 0 Å². The van der Waals surface area contributed by atoms with E-state index in [0.717, 1.165) is 11.4 Å². The topological polar surface area (TPSA) is 49.8 Å². The van der Waals surface area contributed by atoms with Crippen molar-refractivity contribution in [3.05, 3.63) is 72.1 Å². The van der Waals surface area contributed by atoms with Crippen LogP contribution in [0.1, 0.15) is 11.1 Å². The number of rotatable bonds is 4. The number of nitrogens with zero attached hydrogens (tertiary/aromatic N) is 2. The second-order valence-electron chi connectivity index (χ2n) is 5.25. The molecule has 4 heteroatoms. The molecule has 0 spiro atoms. The van der Waals surface area contributed by atoms with E-state index in [0.29, 0.717) is 11.6 Å². The molecule has 0 aliphatic heterocycles. The van der Waals surface area contributed by atoms with Crippen LogP contribution in [0.3, 0.4) is 0 Å². The molecule has 0 unspecified atom stereocenters. The second kappa shape index (κ2) is 6.26. The van der Waals surface area contributed by atoms with Gasteiger partial charge in [0.15, 0.2) is 11.6 Å². The highest BCUT2D eigenvalue weighted by molar-refractivity contribution is 5.72. The van der Waals surface area contributed by atoms with E-state index < -0.39 is 0 Å². The fourth-order valence-corrected chi connectivity index (χ4v) is 2.36. The number of aryl methyl sites for hydroxylation is 2. The number of para-hydroxylation sites is 1. The highest BCUT2D eigenvalue weighted by Gasteiger charge is 2.06. The summed E-state index contributed by atoms with van der Waals surface area (Å²) in [7, 11) is 0. The molecule has 1 heterocycles. The van der Waals surface area contributed by atoms with Crippen molar-refractivity contribution < 1.29 is 0 Å². The summed E-state index contributed by atoms with van der Waals surface area (Å²) in [4.78, 5) is 8.77. The van der Waals surface area contributed by atoms with Gasteiger partial charge in [-0.25, -0.2) is 9.97 Å². The van der Waals surface area contributed by atoms with E-state index in [4.69, 9.17) is 0 Å². The lowest BCUT2D eigenvalue weighted by molar-refractivity contribution is 1.19. The van der Waals surface area contributed by atoms with Gasteiger partial charge in [-0.05, 0) is 49.2 Å². The van der Waals surface area contributed by atoms with Gasteiger partial charge in [-0.3, -0.25) is 0 Å². The van der Waals surface area contributed by atoms with Gasteiger partial charge in [-0.15, -0.1) is 0 Å². The van der Waals surface area contributed by atoms with Crippen molar-refractivity contribution in [2.75, 3.05) is 10.6 Å². The molecular weight excluding hydrogens is 272 g/mol. The molecule has 0 fully saturated rings. The zero-order valence-corrected chi connectivity index (χ0v) is 12.7. The van der Waals surface area contributed by atoms with E-state index >= 15 is 0 Å². The highest BCUT2D eigenvalue weighted by Crippen LogP contribution is 2.25. The van der Waals surface area contributed by atoms with Crippen molar-refractivity contribution in [2.24, 2.45) is 0 Å². The largest absolute Gasteiger partial charge is 0.337 e. The summed E-state index contributed by atoms with van der Waals surface area (Å²) in [6, 6.07) is 16.3. The summed E-state index contributed by atoms with van der Waals surface area (Å²) in [5, 5.41) is 6.62. The van der Waals surface area contributed by atoms with Gasteiger partial charge in [0.1, 0.15) is 0 Å². The number of hydrogen-bond donors (Lipinski definition) is 2. The fourth-order valence-electron chi connectivity index (χ4n) is 2.36. The summed E-state index contributed by atoms with van der Waals surface area (Å²) >= 11 is 0. The smallest absolute Gasteiger partial charge is 0.173 e. The van der Waals surface area contributed by atoms with Crippen molar-refractivity contribution in [1.82, 2.24) is 9.97 Å². The van der Waals surface area contributed by atoms with Crippen LogP contribution in [0.4, 0.5) is 23.0 Å². The Labute approximate surface area is 130 Å². The van der Waals surface area contributed by atoms with Gasteiger partial charge in [-0.2, -0.15) is 0 Å². The molecule has 1 aromatic heterocycles. The van der Waals surface area contributed by atoms with Crippen molar-refractivity contribution >= 4 is 23.0 Å². The molecule has 4 nitrogen and oxygen atoms in total. The van der Waals surface area contributed by atoms with Crippen molar-refractivity contribution in [3.63, 3.8) is 0 Å². The lowest BCUT2D eigenvalue weighted by Gasteiger charge is -2.12. The number of nitrogens with one attached hydrogen (secondary N) is 2. The predicted molar refractivity (Wildman–Crippen MR) is 91.0 cm³/mol. The van der Waals surface area contributed by atoms with Crippen LogP contribution in [0.15, 0.2) is 60.9 Å². The molecule has 3 rings (SSSR count). The van der Waals surface area contributed by atoms with E-state index in [2.05, 4.69) is 52.6 Å². The van der Waals surface area contributed by atoms with Crippen molar-refractivity contribution in [1.29, 1.82) is 0 Å². The molecule has 0 saturated carbocycles. The Morgan fingerprint density at radius 3 is 1.82 bits per heavy atom. The quantitative estimate of drug-likeness (QED) is 0.738. The molecule has 0 radical (unpaired) electrons. The fraction of sp³-hybridized carbons (Fsp3) is 0.111. The summed E-state index contributed by atoms with van der Waals surface area (Å²) in [6.45, 7) is 4.16. The Kier molecular flexibility index (Phi) is 4.01. The van der Waals surface area contributed by atoms with Crippen molar-refractivity contribution in [3.8, 4) is 0 Å². The summed E-state index contributed by atoms with van der Waals surface area (Å²) in [6.07, 6.45) is 3.36. The number of hydrogen-bond acceptors (Lipinski definition) is 4. The summed E-state index contributed by atoms with van der Waals surface area (Å²) in [5.41, 5.74) is 4.41. The number of benzene rings is 2. The monoisotopic (exact) mass is 290 g/mol. The van der Waals surface area contributed by atoms with Gasteiger partial charge < -0.3 is 10.6 Å². The zero-order valence-electron chi connectivity index (χ0n) is 12.7. The molecule has 0 saturated heterocycles. The molecule has 0 bridgehead atoms. The molecular formula is C18H18N4. The first-order valence-corrected chi connectivity index (χ1v) is 7.19. The standard InChI is InChI=1S/C18H18N4/c1-13-10-14(2)12-16(11-13)22-18-17(19-8-9-20-18)21-15-6-4-3-5-7-15/h3-12H,1-2H3,(H,19,21)(H,20,22). The maximum atomic E-state index is 4.39. The lowest BCUT2D eigenvalue weighted by atomic mass is 10.1. The van der Waals surface area contributed by atoms with Gasteiger partial charge in [-0.1, -0.05) is 24.3 Å². The predicted octanol–water partition coefficient (Wildman–Crippen LogP) is 4.58. The van der Waals surface area contributed by atoms with Crippen LogP contribution < -0.4 is 10.6 Å². The maximum Gasteiger partial charge on any atom is 0.173 e. The molecule has 110 valence electrons. The van der Waals surface area contributed by atoms with Crippen LogP contribution in [0, 0.1) is 13.8 Å². The second-order valence-corrected chi connectivity index (χ2v) is 5.25. The van der Waals surface area contributed by atoms with E-state index in [1.165, 1.54) is 11.1 Å². The number of aromatic nitrogens is 2. The number of anilines is 4. The minimum atomic E-state index is 0.702.